The van der Waals surface area contributed by atoms with Gasteiger partial charge in [0, 0.05) is 6.61 Å². The molecule has 18 heavy (non-hydrogen) atoms. The quantitative estimate of drug-likeness (QED) is 0.837. The van der Waals surface area contributed by atoms with Crippen LogP contribution in [-0.2, 0) is 0 Å². The minimum atomic E-state index is 0.314. The van der Waals surface area contributed by atoms with E-state index in [0.29, 0.717) is 12.5 Å². The standard InChI is InChI=1S/C17H26O/c1-13-8-9-16(14(2)12-13)17(10-11-18)15-6-4-3-5-7-15/h8-9,12,15,17-18H,3-7,10-11H2,1-2H3. The predicted octanol–water partition coefficient (Wildman–Crippen LogP) is 4.35. The highest BCUT2D eigenvalue weighted by Gasteiger charge is 2.25. The Balaban J connectivity index is 2.22. The molecular formula is C17H26O. The fourth-order valence-electron chi connectivity index (χ4n) is 3.56. The first-order chi connectivity index (χ1) is 8.72. The smallest absolute Gasteiger partial charge is 0.0436 e. The normalized spacial score (nSPS) is 18.8. The third kappa shape index (κ3) is 3.14. The monoisotopic (exact) mass is 246 g/mol. The average Bonchev–Trinajstić information content (AvgIpc) is 2.38. The van der Waals surface area contributed by atoms with Crippen LogP contribution >= 0.6 is 0 Å². The summed E-state index contributed by atoms with van der Waals surface area (Å²) in [5, 5.41) is 9.37. The van der Waals surface area contributed by atoms with Crippen molar-refractivity contribution in [2.75, 3.05) is 6.61 Å². The number of aryl methyl sites for hydroxylation is 2. The van der Waals surface area contributed by atoms with Gasteiger partial charge < -0.3 is 5.11 Å². The molecule has 1 saturated carbocycles. The molecule has 1 aromatic rings. The molecule has 1 atom stereocenters. The SMILES string of the molecule is Cc1ccc(C(CCO)C2CCCCC2)c(C)c1. The summed E-state index contributed by atoms with van der Waals surface area (Å²) in [6.07, 6.45) is 7.76. The summed E-state index contributed by atoms with van der Waals surface area (Å²) in [5.74, 6) is 1.35. The Morgan fingerprint density at radius 3 is 2.50 bits per heavy atom. The van der Waals surface area contributed by atoms with Crippen LogP contribution in [0.3, 0.4) is 0 Å². The van der Waals surface area contributed by atoms with E-state index in [-0.39, 0.29) is 0 Å². The number of rotatable bonds is 4. The minimum absolute atomic E-state index is 0.314. The van der Waals surface area contributed by atoms with Gasteiger partial charge in [-0.15, -0.1) is 0 Å². The van der Waals surface area contributed by atoms with Crippen molar-refractivity contribution in [1.82, 2.24) is 0 Å². The molecule has 0 amide bonds. The molecule has 1 unspecified atom stereocenters. The third-order valence-corrected chi connectivity index (χ3v) is 4.48. The Morgan fingerprint density at radius 2 is 1.89 bits per heavy atom. The van der Waals surface area contributed by atoms with E-state index >= 15 is 0 Å². The van der Waals surface area contributed by atoms with Crippen LogP contribution < -0.4 is 0 Å². The van der Waals surface area contributed by atoms with Gasteiger partial charge in [0.05, 0.1) is 0 Å². The van der Waals surface area contributed by atoms with E-state index < -0.39 is 0 Å². The Morgan fingerprint density at radius 1 is 1.17 bits per heavy atom. The van der Waals surface area contributed by atoms with Crippen molar-refractivity contribution in [2.45, 2.75) is 58.3 Å². The van der Waals surface area contributed by atoms with Gasteiger partial charge in [0.2, 0.25) is 0 Å². The zero-order valence-corrected chi connectivity index (χ0v) is 11.8. The number of aliphatic hydroxyl groups excluding tert-OH is 1. The summed E-state index contributed by atoms with van der Waals surface area (Å²) >= 11 is 0. The number of hydrogen-bond acceptors (Lipinski definition) is 1. The number of aliphatic hydroxyl groups is 1. The summed E-state index contributed by atoms with van der Waals surface area (Å²) in [6, 6.07) is 6.79. The van der Waals surface area contributed by atoms with Crippen molar-refractivity contribution < 1.29 is 5.11 Å². The highest BCUT2D eigenvalue weighted by Crippen LogP contribution is 2.39. The number of hydrogen-bond donors (Lipinski definition) is 1. The summed E-state index contributed by atoms with van der Waals surface area (Å²) < 4.78 is 0. The Bertz CT molecular complexity index is 377. The second-order valence-corrected chi connectivity index (χ2v) is 5.88. The largest absolute Gasteiger partial charge is 0.396 e. The van der Waals surface area contributed by atoms with E-state index in [1.165, 1.54) is 48.8 Å². The summed E-state index contributed by atoms with van der Waals surface area (Å²) in [6.45, 7) is 4.68. The van der Waals surface area contributed by atoms with Crippen molar-refractivity contribution in [3.8, 4) is 0 Å². The Hall–Kier alpha value is -0.820. The topological polar surface area (TPSA) is 20.2 Å². The Labute approximate surface area is 111 Å². The van der Waals surface area contributed by atoms with Crippen LogP contribution in [0, 0.1) is 19.8 Å². The van der Waals surface area contributed by atoms with Crippen LogP contribution in [0.5, 0.6) is 0 Å². The van der Waals surface area contributed by atoms with Gasteiger partial charge in [-0.05, 0) is 56.1 Å². The lowest BCUT2D eigenvalue weighted by atomic mass is 9.74. The van der Waals surface area contributed by atoms with Crippen molar-refractivity contribution in [3.05, 3.63) is 34.9 Å². The van der Waals surface area contributed by atoms with Gasteiger partial charge >= 0.3 is 0 Å². The fourth-order valence-corrected chi connectivity index (χ4v) is 3.56. The zero-order valence-electron chi connectivity index (χ0n) is 11.8. The highest BCUT2D eigenvalue weighted by molar-refractivity contribution is 5.33. The molecule has 0 heterocycles. The first-order valence-corrected chi connectivity index (χ1v) is 7.40. The molecule has 2 rings (SSSR count). The number of benzene rings is 1. The molecule has 1 aromatic carbocycles. The molecule has 1 N–H and O–H groups in total. The van der Waals surface area contributed by atoms with E-state index in [9.17, 15) is 5.11 Å². The molecule has 1 nitrogen and oxygen atoms in total. The van der Waals surface area contributed by atoms with Gasteiger partial charge in [0.25, 0.3) is 0 Å². The van der Waals surface area contributed by atoms with Gasteiger partial charge in [-0.1, -0.05) is 43.0 Å². The molecule has 0 aliphatic heterocycles. The fraction of sp³-hybridized carbons (Fsp3) is 0.647. The molecule has 1 fully saturated rings. The van der Waals surface area contributed by atoms with E-state index in [0.717, 1.165) is 12.3 Å². The van der Waals surface area contributed by atoms with Crippen LogP contribution in [0.1, 0.15) is 61.1 Å². The van der Waals surface area contributed by atoms with Gasteiger partial charge in [-0.3, -0.25) is 0 Å². The van der Waals surface area contributed by atoms with Crippen LogP contribution in [0.2, 0.25) is 0 Å². The lowest BCUT2D eigenvalue weighted by molar-refractivity contribution is 0.229. The van der Waals surface area contributed by atoms with Crippen molar-refractivity contribution in [1.29, 1.82) is 0 Å². The van der Waals surface area contributed by atoms with E-state index in [1.54, 1.807) is 0 Å². The van der Waals surface area contributed by atoms with Gasteiger partial charge in [-0.2, -0.15) is 0 Å². The molecule has 0 radical (unpaired) electrons. The maximum absolute atomic E-state index is 9.37. The first-order valence-electron chi connectivity index (χ1n) is 7.40. The summed E-state index contributed by atoms with van der Waals surface area (Å²) in [4.78, 5) is 0. The molecular weight excluding hydrogens is 220 g/mol. The van der Waals surface area contributed by atoms with Gasteiger partial charge in [0.1, 0.15) is 0 Å². The maximum Gasteiger partial charge on any atom is 0.0436 e. The molecule has 100 valence electrons. The van der Waals surface area contributed by atoms with E-state index in [4.69, 9.17) is 0 Å². The van der Waals surface area contributed by atoms with Crippen molar-refractivity contribution >= 4 is 0 Å². The van der Waals surface area contributed by atoms with Crippen LogP contribution in [0.4, 0.5) is 0 Å². The van der Waals surface area contributed by atoms with Crippen LogP contribution in [0.15, 0.2) is 18.2 Å². The van der Waals surface area contributed by atoms with E-state index in [2.05, 4.69) is 32.0 Å². The second kappa shape index (κ2) is 6.38. The first kappa shape index (κ1) is 13.6. The molecule has 1 heteroatoms. The molecule has 1 aliphatic carbocycles. The van der Waals surface area contributed by atoms with Gasteiger partial charge in [-0.25, -0.2) is 0 Å². The van der Waals surface area contributed by atoms with Crippen molar-refractivity contribution in [3.63, 3.8) is 0 Å². The molecule has 0 aromatic heterocycles. The second-order valence-electron chi connectivity index (χ2n) is 5.88. The third-order valence-electron chi connectivity index (χ3n) is 4.48. The molecule has 0 saturated heterocycles. The maximum atomic E-state index is 9.37. The van der Waals surface area contributed by atoms with Crippen LogP contribution in [0.25, 0.3) is 0 Å². The minimum Gasteiger partial charge on any atom is -0.396 e. The average molecular weight is 246 g/mol. The predicted molar refractivity (Wildman–Crippen MR) is 76.9 cm³/mol. The Kier molecular flexibility index (Phi) is 4.82. The van der Waals surface area contributed by atoms with Crippen LogP contribution in [-0.4, -0.2) is 11.7 Å². The van der Waals surface area contributed by atoms with Gasteiger partial charge in [0.15, 0.2) is 0 Å². The lowest BCUT2D eigenvalue weighted by Gasteiger charge is -2.31. The lowest BCUT2D eigenvalue weighted by Crippen LogP contribution is -2.18. The van der Waals surface area contributed by atoms with Crippen molar-refractivity contribution in [2.24, 2.45) is 5.92 Å². The zero-order chi connectivity index (χ0) is 13.0. The summed E-state index contributed by atoms with van der Waals surface area (Å²) in [5.41, 5.74) is 4.21. The summed E-state index contributed by atoms with van der Waals surface area (Å²) in [7, 11) is 0. The molecule has 0 spiro atoms. The highest BCUT2D eigenvalue weighted by atomic mass is 16.3. The molecule has 1 aliphatic rings. The molecule has 0 bridgehead atoms. The van der Waals surface area contributed by atoms with E-state index in [1.807, 2.05) is 0 Å².